The smallest absolute Gasteiger partial charge is 0.292 e. The van der Waals surface area contributed by atoms with E-state index in [0.29, 0.717) is 5.69 Å². The van der Waals surface area contributed by atoms with Crippen LogP contribution in [0.5, 0.6) is 0 Å². The van der Waals surface area contributed by atoms with Gasteiger partial charge in [0.05, 0.1) is 10.6 Å². The molecule has 0 bridgehead atoms. The Morgan fingerprint density at radius 3 is 1.66 bits per heavy atom. The molecule has 0 aliphatic rings. The average Bonchev–Trinajstić information content (AvgIpc) is 2.80. The molecule has 1 N–H and O–H groups in total. The lowest BCUT2D eigenvalue weighted by Crippen LogP contribution is -2.12. The molecule has 0 aliphatic heterocycles. The summed E-state index contributed by atoms with van der Waals surface area (Å²) in [6, 6.07) is 31.5. The van der Waals surface area contributed by atoms with Gasteiger partial charge in [0.2, 0.25) is 0 Å². The second-order valence-electron chi connectivity index (χ2n) is 8.83. The van der Waals surface area contributed by atoms with Crippen molar-refractivity contribution < 1.29 is 4.92 Å². The molecule has 4 aromatic carbocycles. The van der Waals surface area contributed by atoms with E-state index in [4.69, 9.17) is 0 Å². The maximum absolute atomic E-state index is 11.7. The lowest BCUT2D eigenvalue weighted by Gasteiger charge is -2.25. The second kappa shape index (κ2) is 8.67. The van der Waals surface area contributed by atoms with Gasteiger partial charge in [-0.1, -0.05) is 93.6 Å². The predicted octanol–water partition coefficient (Wildman–Crippen LogP) is 7.97. The highest BCUT2D eigenvalue weighted by atomic mass is 16.6. The normalized spacial score (nSPS) is 11.2. The topological polar surface area (TPSA) is 55.2 Å². The van der Waals surface area contributed by atoms with E-state index < -0.39 is 0 Å². The van der Waals surface area contributed by atoms with E-state index in [1.54, 1.807) is 12.1 Å². The Balaban J connectivity index is 2.03. The number of anilines is 2. The maximum Gasteiger partial charge on any atom is 0.292 e. The number of para-hydroxylation sites is 2. The molecule has 4 rings (SSSR count). The summed E-state index contributed by atoms with van der Waals surface area (Å²) >= 11 is 0. The molecule has 0 radical (unpaired) electrons. The largest absolute Gasteiger partial charge is 0.349 e. The summed E-state index contributed by atoms with van der Waals surface area (Å²) < 4.78 is 0. The lowest BCUT2D eigenvalue weighted by atomic mass is 9.82. The number of nitrogens with zero attached hydrogens (tertiary/aromatic N) is 1. The molecule has 0 atom stereocenters. The summed E-state index contributed by atoms with van der Waals surface area (Å²) in [5.74, 6) is 0. The Bertz CT molecular complexity index is 1180. The first kappa shape index (κ1) is 21.3. The first-order chi connectivity index (χ1) is 15.3. The third-order valence-electron chi connectivity index (χ3n) is 5.53. The minimum atomic E-state index is -0.351. The zero-order valence-corrected chi connectivity index (χ0v) is 18.5. The fourth-order valence-corrected chi connectivity index (χ4v) is 3.77. The van der Waals surface area contributed by atoms with Crippen LogP contribution in [0.1, 0.15) is 26.3 Å². The molecular weight excluding hydrogens is 396 g/mol. The average molecular weight is 423 g/mol. The van der Waals surface area contributed by atoms with E-state index in [-0.39, 0.29) is 16.0 Å². The van der Waals surface area contributed by atoms with Gasteiger partial charge in [-0.2, -0.15) is 0 Å². The summed E-state index contributed by atoms with van der Waals surface area (Å²) in [4.78, 5) is 11.3. The summed E-state index contributed by atoms with van der Waals surface area (Å²) in [5.41, 5.74) is 6.62. The number of nitrogens with one attached hydrogen (secondary N) is 1. The van der Waals surface area contributed by atoms with Gasteiger partial charge < -0.3 is 5.32 Å². The van der Waals surface area contributed by atoms with Crippen molar-refractivity contribution in [3.05, 3.63) is 113 Å². The lowest BCUT2D eigenvalue weighted by molar-refractivity contribution is -0.383. The first-order valence-electron chi connectivity index (χ1n) is 10.6. The summed E-state index contributed by atoms with van der Waals surface area (Å²) in [6.07, 6.45) is 0. The van der Waals surface area contributed by atoms with Crippen LogP contribution >= 0.6 is 0 Å². The van der Waals surface area contributed by atoms with Crippen molar-refractivity contribution in [3.8, 4) is 22.3 Å². The minimum Gasteiger partial charge on any atom is -0.349 e. The standard InChI is InChI=1S/C28H26N2O2/c1-28(2,3)22-18-23(20-12-6-4-7-13-20)27(24(19-22)21-14-8-5-9-15-21)29-25-16-10-11-17-26(25)30(31)32/h4-19,29H,1-3H3. The Labute approximate surface area is 188 Å². The van der Waals surface area contributed by atoms with Crippen LogP contribution in [0, 0.1) is 10.1 Å². The van der Waals surface area contributed by atoms with Gasteiger partial charge in [0, 0.05) is 17.2 Å². The molecule has 0 amide bonds. The molecule has 4 aromatic rings. The fraction of sp³-hybridized carbons (Fsp3) is 0.143. The van der Waals surface area contributed by atoms with Crippen molar-refractivity contribution in [2.75, 3.05) is 5.32 Å². The van der Waals surface area contributed by atoms with E-state index in [1.165, 1.54) is 11.6 Å². The first-order valence-corrected chi connectivity index (χ1v) is 10.6. The Morgan fingerprint density at radius 1 is 0.719 bits per heavy atom. The van der Waals surface area contributed by atoms with Crippen molar-refractivity contribution >= 4 is 17.1 Å². The van der Waals surface area contributed by atoms with Gasteiger partial charge in [0.15, 0.2) is 0 Å². The van der Waals surface area contributed by atoms with E-state index >= 15 is 0 Å². The van der Waals surface area contributed by atoms with Crippen LogP contribution in [0.4, 0.5) is 17.1 Å². The van der Waals surface area contributed by atoms with Crippen molar-refractivity contribution in [1.29, 1.82) is 0 Å². The highest BCUT2D eigenvalue weighted by Crippen LogP contribution is 2.43. The second-order valence-corrected chi connectivity index (χ2v) is 8.83. The van der Waals surface area contributed by atoms with Gasteiger partial charge in [-0.15, -0.1) is 0 Å². The highest BCUT2D eigenvalue weighted by Gasteiger charge is 2.22. The number of nitro benzene ring substituents is 1. The van der Waals surface area contributed by atoms with Crippen LogP contribution in [0.2, 0.25) is 0 Å². The highest BCUT2D eigenvalue weighted by molar-refractivity contribution is 5.94. The van der Waals surface area contributed by atoms with Gasteiger partial charge in [0.25, 0.3) is 5.69 Å². The zero-order chi connectivity index (χ0) is 22.7. The molecule has 0 unspecified atom stereocenters. The van der Waals surface area contributed by atoms with E-state index in [1.807, 2.05) is 42.5 Å². The monoisotopic (exact) mass is 422 g/mol. The summed E-state index contributed by atoms with van der Waals surface area (Å²) in [5, 5.41) is 15.1. The Morgan fingerprint density at radius 2 is 1.19 bits per heavy atom. The van der Waals surface area contributed by atoms with Crippen LogP contribution in [0.3, 0.4) is 0 Å². The van der Waals surface area contributed by atoms with Gasteiger partial charge in [-0.3, -0.25) is 10.1 Å². The van der Waals surface area contributed by atoms with Crippen LogP contribution in [0.25, 0.3) is 22.3 Å². The minimum absolute atomic E-state index is 0.0467. The van der Waals surface area contributed by atoms with Crippen molar-refractivity contribution in [2.24, 2.45) is 0 Å². The number of hydrogen-bond donors (Lipinski definition) is 1. The van der Waals surface area contributed by atoms with Gasteiger partial charge in [-0.25, -0.2) is 0 Å². The molecule has 0 saturated carbocycles. The molecule has 32 heavy (non-hydrogen) atoms. The quantitative estimate of drug-likeness (QED) is 0.262. The zero-order valence-electron chi connectivity index (χ0n) is 18.5. The van der Waals surface area contributed by atoms with Gasteiger partial charge in [0.1, 0.15) is 5.69 Å². The van der Waals surface area contributed by atoms with Gasteiger partial charge >= 0.3 is 0 Å². The molecular formula is C28H26N2O2. The molecule has 0 heterocycles. The van der Waals surface area contributed by atoms with Crippen LogP contribution in [-0.2, 0) is 5.41 Å². The van der Waals surface area contributed by atoms with Crippen LogP contribution < -0.4 is 5.32 Å². The molecule has 160 valence electrons. The third-order valence-corrected chi connectivity index (χ3v) is 5.53. The Hall–Kier alpha value is -3.92. The summed E-state index contributed by atoms with van der Waals surface area (Å²) in [6.45, 7) is 6.59. The number of nitro groups is 1. The molecule has 0 aliphatic carbocycles. The predicted molar refractivity (Wildman–Crippen MR) is 132 cm³/mol. The third kappa shape index (κ3) is 4.40. The number of rotatable bonds is 5. The van der Waals surface area contributed by atoms with Crippen molar-refractivity contribution in [1.82, 2.24) is 0 Å². The van der Waals surface area contributed by atoms with Gasteiger partial charge in [-0.05, 0) is 40.3 Å². The Kier molecular flexibility index (Phi) is 5.78. The maximum atomic E-state index is 11.7. The molecule has 0 aromatic heterocycles. The summed E-state index contributed by atoms with van der Waals surface area (Å²) in [7, 11) is 0. The van der Waals surface area contributed by atoms with Crippen molar-refractivity contribution in [3.63, 3.8) is 0 Å². The molecule has 4 nitrogen and oxygen atoms in total. The number of hydrogen-bond acceptors (Lipinski definition) is 3. The van der Waals surface area contributed by atoms with Crippen LogP contribution in [-0.4, -0.2) is 4.92 Å². The van der Waals surface area contributed by atoms with E-state index in [2.05, 4.69) is 62.5 Å². The SMILES string of the molecule is CC(C)(C)c1cc(-c2ccccc2)c(Nc2ccccc2[N+](=O)[O-])c(-c2ccccc2)c1. The number of benzene rings is 4. The molecule has 0 fully saturated rings. The molecule has 0 saturated heterocycles. The molecule has 4 heteroatoms. The fourth-order valence-electron chi connectivity index (χ4n) is 3.77. The molecule has 0 spiro atoms. The van der Waals surface area contributed by atoms with Crippen LogP contribution in [0.15, 0.2) is 97.1 Å². The van der Waals surface area contributed by atoms with E-state index in [9.17, 15) is 10.1 Å². The van der Waals surface area contributed by atoms with Crippen molar-refractivity contribution in [2.45, 2.75) is 26.2 Å². The van der Waals surface area contributed by atoms with E-state index in [0.717, 1.165) is 27.9 Å².